The van der Waals surface area contributed by atoms with E-state index in [1.807, 2.05) is 0 Å². The van der Waals surface area contributed by atoms with E-state index in [0.29, 0.717) is 6.42 Å². The Morgan fingerprint density at radius 2 is 2.35 bits per heavy atom. The van der Waals surface area contributed by atoms with Crippen LogP contribution in [0.4, 0.5) is 0 Å². The molecule has 1 aliphatic rings. The molecule has 0 amide bonds. The van der Waals surface area contributed by atoms with Crippen LogP contribution >= 0.6 is 28.6 Å². The van der Waals surface area contributed by atoms with Crippen molar-refractivity contribution in [3.05, 3.63) is 31.5 Å². The van der Waals surface area contributed by atoms with Crippen molar-refractivity contribution in [3.8, 4) is 0 Å². The fraction of sp³-hybridized carbons (Fsp3) is 0.556. The van der Waals surface area contributed by atoms with Crippen molar-refractivity contribution < 1.29 is 9.84 Å². The van der Waals surface area contributed by atoms with Gasteiger partial charge in [-0.15, -0.1) is 0 Å². The number of hydrogen-bond donors (Lipinski definition) is 3. The van der Waals surface area contributed by atoms with E-state index in [1.54, 1.807) is 0 Å². The molecule has 1 unspecified atom stereocenters. The summed E-state index contributed by atoms with van der Waals surface area (Å²) < 4.78 is 7.01. The molecule has 17 heavy (non-hydrogen) atoms. The standard InChI is InChI=1S/C9H11BrN2O4S/c10-4-2-12(9(15)11-8(4)14)7-1-6(17)5(3-13)16-7/h2,5-7,13,17H,1,3H2,(H,11,14,15)/t5-,6?,7-/m1/s1. The summed E-state index contributed by atoms with van der Waals surface area (Å²) in [5, 5.41) is 8.90. The average molecular weight is 323 g/mol. The minimum Gasteiger partial charge on any atom is -0.394 e. The van der Waals surface area contributed by atoms with E-state index < -0.39 is 23.6 Å². The number of nitrogens with zero attached hydrogens (tertiary/aromatic N) is 1. The van der Waals surface area contributed by atoms with Gasteiger partial charge in [-0.2, -0.15) is 12.6 Å². The third-order valence-corrected chi connectivity index (χ3v) is 3.73. The molecule has 2 heterocycles. The molecular formula is C9H11BrN2O4S. The molecule has 1 fully saturated rings. The summed E-state index contributed by atoms with van der Waals surface area (Å²) in [6, 6.07) is 0. The van der Waals surface area contributed by atoms with Gasteiger partial charge in [0.15, 0.2) is 0 Å². The van der Waals surface area contributed by atoms with Gasteiger partial charge in [0.25, 0.3) is 5.56 Å². The van der Waals surface area contributed by atoms with Gasteiger partial charge in [-0.25, -0.2) is 4.79 Å². The Balaban J connectivity index is 2.34. The largest absolute Gasteiger partial charge is 0.394 e. The van der Waals surface area contributed by atoms with Gasteiger partial charge in [-0.1, -0.05) is 0 Å². The maximum Gasteiger partial charge on any atom is 0.330 e. The zero-order chi connectivity index (χ0) is 12.6. The number of rotatable bonds is 2. The molecule has 2 rings (SSSR count). The minimum absolute atomic E-state index is 0.136. The van der Waals surface area contributed by atoms with Crippen molar-refractivity contribution in [3.63, 3.8) is 0 Å². The van der Waals surface area contributed by atoms with Crippen LogP contribution in [0.1, 0.15) is 12.6 Å². The number of H-pyrrole nitrogens is 1. The van der Waals surface area contributed by atoms with Crippen molar-refractivity contribution in [2.45, 2.75) is 24.0 Å². The van der Waals surface area contributed by atoms with E-state index in [4.69, 9.17) is 9.84 Å². The fourth-order valence-corrected chi connectivity index (χ4v) is 2.39. The molecule has 0 aliphatic carbocycles. The Labute approximate surface area is 110 Å². The second-order valence-corrected chi connectivity index (χ2v) is 5.28. The lowest BCUT2D eigenvalue weighted by molar-refractivity contribution is -0.0238. The molecule has 1 aromatic heterocycles. The van der Waals surface area contributed by atoms with Gasteiger partial charge >= 0.3 is 5.69 Å². The van der Waals surface area contributed by atoms with Crippen molar-refractivity contribution in [1.29, 1.82) is 0 Å². The first kappa shape index (κ1) is 12.9. The first-order chi connectivity index (χ1) is 8.02. The zero-order valence-corrected chi connectivity index (χ0v) is 11.1. The monoisotopic (exact) mass is 322 g/mol. The van der Waals surface area contributed by atoms with Gasteiger partial charge in [-0.3, -0.25) is 14.3 Å². The van der Waals surface area contributed by atoms with Crippen LogP contribution in [0.2, 0.25) is 0 Å². The van der Waals surface area contributed by atoms with Gasteiger partial charge in [0, 0.05) is 17.9 Å². The summed E-state index contributed by atoms with van der Waals surface area (Å²) in [6.45, 7) is -0.149. The molecule has 0 spiro atoms. The summed E-state index contributed by atoms with van der Waals surface area (Å²) >= 11 is 7.32. The summed E-state index contributed by atoms with van der Waals surface area (Å²) in [5.41, 5.74) is -1.02. The number of halogens is 1. The quantitative estimate of drug-likeness (QED) is 0.663. The molecule has 0 saturated carbocycles. The minimum atomic E-state index is -0.540. The predicted octanol–water partition coefficient (Wildman–Crippen LogP) is -0.123. The first-order valence-electron chi connectivity index (χ1n) is 4.98. The van der Waals surface area contributed by atoms with Crippen molar-refractivity contribution in [2.75, 3.05) is 6.61 Å². The molecular weight excluding hydrogens is 312 g/mol. The van der Waals surface area contributed by atoms with Crippen LogP contribution in [-0.2, 0) is 4.74 Å². The number of thiol groups is 1. The van der Waals surface area contributed by atoms with Gasteiger partial charge in [0.1, 0.15) is 6.23 Å². The number of aromatic amines is 1. The first-order valence-corrected chi connectivity index (χ1v) is 6.29. The Morgan fingerprint density at radius 1 is 1.65 bits per heavy atom. The normalized spacial score (nSPS) is 28.5. The van der Waals surface area contributed by atoms with Crippen LogP contribution in [-0.4, -0.2) is 32.6 Å². The van der Waals surface area contributed by atoms with E-state index in [1.165, 1.54) is 10.8 Å². The molecule has 3 atom stereocenters. The fourth-order valence-electron chi connectivity index (χ4n) is 1.72. The van der Waals surface area contributed by atoms with Gasteiger partial charge < -0.3 is 9.84 Å². The van der Waals surface area contributed by atoms with Crippen LogP contribution in [0.3, 0.4) is 0 Å². The smallest absolute Gasteiger partial charge is 0.330 e. The summed E-state index contributed by atoms with van der Waals surface area (Å²) in [7, 11) is 0. The highest BCUT2D eigenvalue weighted by molar-refractivity contribution is 9.10. The van der Waals surface area contributed by atoms with Gasteiger partial charge in [0.05, 0.1) is 17.2 Å². The van der Waals surface area contributed by atoms with Gasteiger partial charge in [-0.05, 0) is 15.9 Å². The van der Waals surface area contributed by atoms with Crippen LogP contribution < -0.4 is 11.2 Å². The lowest BCUT2D eigenvalue weighted by Gasteiger charge is -2.14. The summed E-state index contributed by atoms with van der Waals surface area (Å²) in [4.78, 5) is 24.9. The lowest BCUT2D eigenvalue weighted by Crippen LogP contribution is -2.32. The van der Waals surface area contributed by atoms with Crippen LogP contribution in [0.25, 0.3) is 0 Å². The van der Waals surface area contributed by atoms with Crippen molar-refractivity contribution >= 4 is 28.6 Å². The topological polar surface area (TPSA) is 84.3 Å². The average Bonchev–Trinajstić information content (AvgIpc) is 2.65. The van der Waals surface area contributed by atoms with Crippen LogP contribution in [0, 0.1) is 0 Å². The van der Waals surface area contributed by atoms with Gasteiger partial charge in [0.2, 0.25) is 0 Å². The lowest BCUT2D eigenvalue weighted by atomic mass is 10.2. The van der Waals surface area contributed by atoms with Crippen molar-refractivity contribution in [1.82, 2.24) is 9.55 Å². The maximum atomic E-state index is 11.6. The molecule has 1 aromatic rings. The summed E-state index contributed by atoms with van der Waals surface area (Å²) in [5.74, 6) is 0. The molecule has 0 aromatic carbocycles. The Kier molecular flexibility index (Phi) is 3.76. The van der Waals surface area contributed by atoms with E-state index in [-0.39, 0.29) is 16.3 Å². The SMILES string of the molecule is O=c1[nH]c(=O)n([C@H]2CC(S)[C@@H](CO)O2)cc1Br. The zero-order valence-electron chi connectivity index (χ0n) is 8.67. The number of aliphatic hydroxyl groups excluding tert-OH is 1. The van der Waals surface area contributed by atoms with E-state index in [0.717, 1.165) is 0 Å². The molecule has 6 nitrogen and oxygen atoms in total. The highest BCUT2D eigenvalue weighted by atomic mass is 79.9. The van der Waals surface area contributed by atoms with Crippen LogP contribution in [0.15, 0.2) is 20.3 Å². The number of nitrogens with one attached hydrogen (secondary N) is 1. The van der Waals surface area contributed by atoms with E-state index in [9.17, 15) is 9.59 Å². The number of aromatic nitrogens is 2. The maximum absolute atomic E-state index is 11.6. The molecule has 8 heteroatoms. The second-order valence-electron chi connectivity index (χ2n) is 3.76. The second kappa shape index (κ2) is 4.97. The third-order valence-electron chi connectivity index (χ3n) is 2.62. The number of hydrogen-bond acceptors (Lipinski definition) is 5. The molecule has 94 valence electrons. The van der Waals surface area contributed by atoms with E-state index >= 15 is 0 Å². The van der Waals surface area contributed by atoms with Crippen LogP contribution in [0.5, 0.6) is 0 Å². The molecule has 1 saturated heterocycles. The number of ether oxygens (including phenoxy) is 1. The highest BCUT2D eigenvalue weighted by Gasteiger charge is 2.34. The Bertz CT molecular complexity index is 528. The predicted molar refractivity (Wildman–Crippen MR) is 67.4 cm³/mol. The Morgan fingerprint density at radius 3 is 2.94 bits per heavy atom. The van der Waals surface area contributed by atoms with E-state index in [2.05, 4.69) is 33.5 Å². The summed E-state index contributed by atoms with van der Waals surface area (Å²) in [6.07, 6.45) is 0.954. The van der Waals surface area contributed by atoms with Crippen molar-refractivity contribution in [2.24, 2.45) is 0 Å². The molecule has 1 aliphatic heterocycles. The third kappa shape index (κ3) is 2.49. The number of aliphatic hydroxyl groups is 1. The molecule has 2 N–H and O–H groups in total. The molecule has 0 radical (unpaired) electrons. The highest BCUT2D eigenvalue weighted by Crippen LogP contribution is 2.30. The molecule has 0 bridgehead atoms. The Hall–Kier alpha value is -0.570.